The first-order valence-electron chi connectivity index (χ1n) is 7.01. The van der Waals surface area contributed by atoms with E-state index in [9.17, 15) is 4.79 Å². The van der Waals surface area contributed by atoms with Gasteiger partial charge < -0.3 is 5.32 Å². The van der Waals surface area contributed by atoms with Crippen molar-refractivity contribution in [2.24, 2.45) is 0 Å². The molecule has 1 aliphatic carbocycles. The van der Waals surface area contributed by atoms with Gasteiger partial charge in [0.25, 0.3) is 0 Å². The van der Waals surface area contributed by atoms with Gasteiger partial charge in [-0.05, 0) is 18.4 Å². The molecule has 3 rings (SSSR count). The van der Waals surface area contributed by atoms with Crippen molar-refractivity contribution in [3.8, 4) is 0 Å². The highest BCUT2D eigenvalue weighted by molar-refractivity contribution is 7.99. The Morgan fingerprint density at radius 1 is 1.25 bits per heavy atom. The van der Waals surface area contributed by atoms with E-state index in [1.54, 1.807) is 11.8 Å². The van der Waals surface area contributed by atoms with E-state index in [0.717, 1.165) is 18.1 Å². The fourth-order valence-electron chi connectivity index (χ4n) is 3.08. The molecule has 1 amide bonds. The van der Waals surface area contributed by atoms with E-state index >= 15 is 0 Å². The van der Waals surface area contributed by atoms with Crippen LogP contribution in [0.1, 0.15) is 30.7 Å². The Hall–Kier alpha value is -0.710. The van der Waals surface area contributed by atoms with Gasteiger partial charge in [0.05, 0.1) is 6.04 Å². The zero-order chi connectivity index (χ0) is 13.1. The molecule has 3 atom stereocenters. The molecule has 1 aromatic carbocycles. The molecule has 5 heteroatoms. The number of nitrogens with one attached hydrogen (secondary N) is 2. The van der Waals surface area contributed by atoms with Crippen LogP contribution in [-0.2, 0) is 4.79 Å². The quantitative estimate of drug-likeness (QED) is 0.901. The van der Waals surface area contributed by atoms with Crippen molar-refractivity contribution in [1.29, 1.82) is 0 Å². The Balaban J connectivity index is 0.00000147. The summed E-state index contributed by atoms with van der Waals surface area (Å²) in [6.45, 7) is 0. The number of thioether (sulfide) groups is 1. The summed E-state index contributed by atoms with van der Waals surface area (Å²) in [4.78, 5) is 12.2. The van der Waals surface area contributed by atoms with Crippen molar-refractivity contribution in [3.05, 3.63) is 35.9 Å². The van der Waals surface area contributed by atoms with Crippen LogP contribution in [0.3, 0.4) is 0 Å². The highest BCUT2D eigenvalue weighted by Gasteiger charge is 2.32. The maximum Gasteiger partial charge on any atom is 0.238 e. The van der Waals surface area contributed by atoms with Gasteiger partial charge in [-0.15, -0.1) is 24.2 Å². The molecule has 1 saturated heterocycles. The summed E-state index contributed by atoms with van der Waals surface area (Å²) in [7, 11) is 0. The average molecular weight is 313 g/mol. The molecule has 0 radical (unpaired) electrons. The predicted molar refractivity (Wildman–Crippen MR) is 86.5 cm³/mol. The van der Waals surface area contributed by atoms with E-state index in [0.29, 0.717) is 12.0 Å². The fraction of sp³-hybridized carbons (Fsp3) is 0.533. The number of carbonyl (C=O) groups is 1. The smallest absolute Gasteiger partial charge is 0.238 e. The lowest BCUT2D eigenvalue weighted by Gasteiger charge is -2.23. The van der Waals surface area contributed by atoms with Gasteiger partial charge in [-0.2, -0.15) is 0 Å². The summed E-state index contributed by atoms with van der Waals surface area (Å²) in [6, 6.07) is 10.9. The second kappa shape index (κ2) is 7.34. The molecule has 20 heavy (non-hydrogen) atoms. The van der Waals surface area contributed by atoms with Crippen molar-refractivity contribution < 1.29 is 4.79 Å². The second-order valence-electron chi connectivity index (χ2n) is 5.34. The van der Waals surface area contributed by atoms with Crippen molar-refractivity contribution in [3.63, 3.8) is 0 Å². The van der Waals surface area contributed by atoms with Gasteiger partial charge in [0.1, 0.15) is 0 Å². The Labute approximate surface area is 130 Å². The zero-order valence-electron chi connectivity index (χ0n) is 11.4. The third-order valence-corrected chi connectivity index (χ3v) is 5.04. The number of rotatable bonds is 3. The Morgan fingerprint density at radius 2 is 2.05 bits per heavy atom. The number of amides is 1. The highest BCUT2D eigenvalue weighted by Crippen LogP contribution is 2.34. The molecule has 2 aliphatic rings. The minimum atomic E-state index is 0. The summed E-state index contributed by atoms with van der Waals surface area (Å²) in [5.74, 6) is 2.46. The number of hydrogen-bond acceptors (Lipinski definition) is 3. The van der Waals surface area contributed by atoms with Crippen molar-refractivity contribution in [1.82, 2.24) is 10.6 Å². The molecule has 1 aromatic rings. The number of hydrogen-bond donors (Lipinski definition) is 2. The van der Waals surface area contributed by atoms with Crippen LogP contribution in [0.15, 0.2) is 30.3 Å². The minimum Gasteiger partial charge on any atom is -0.351 e. The lowest BCUT2D eigenvalue weighted by Crippen LogP contribution is -2.47. The van der Waals surface area contributed by atoms with Gasteiger partial charge in [0.15, 0.2) is 0 Å². The Morgan fingerprint density at radius 3 is 2.75 bits per heavy atom. The van der Waals surface area contributed by atoms with Crippen LogP contribution in [0.4, 0.5) is 0 Å². The van der Waals surface area contributed by atoms with Crippen LogP contribution in [0.2, 0.25) is 0 Å². The minimum absolute atomic E-state index is 0. The molecular formula is C15H21ClN2OS. The molecule has 1 heterocycles. The zero-order valence-corrected chi connectivity index (χ0v) is 13.0. The Bertz CT molecular complexity index is 437. The molecular weight excluding hydrogens is 292 g/mol. The standard InChI is InChI=1S/C15H20N2OS.ClH/c18-15(14-9-19-10-16-14)17-13-8-4-7-12(13)11-5-2-1-3-6-11;/h1-3,5-6,12-14,16H,4,7-10H2,(H,17,18);1H. The van der Waals surface area contributed by atoms with Crippen LogP contribution in [0.25, 0.3) is 0 Å². The van der Waals surface area contributed by atoms with Gasteiger partial charge >= 0.3 is 0 Å². The van der Waals surface area contributed by atoms with Crippen LogP contribution in [-0.4, -0.2) is 29.6 Å². The third-order valence-electron chi connectivity index (χ3n) is 4.10. The average Bonchev–Trinajstić information content (AvgIpc) is 3.11. The van der Waals surface area contributed by atoms with Crippen LogP contribution in [0.5, 0.6) is 0 Å². The van der Waals surface area contributed by atoms with Crippen LogP contribution in [0, 0.1) is 0 Å². The van der Waals surface area contributed by atoms with E-state index < -0.39 is 0 Å². The number of halogens is 1. The molecule has 2 N–H and O–H groups in total. The molecule has 1 saturated carbocycles. The third kappa shape index (κ3) is 3.48. The fourth-order valence-corrected chi connectivity index (χ4v) is 4.02. The summed E-state index contributed by atoms with van der Waals surface area (Å²) in [6.07, 6.45) is 3.49. The molecule has 0 bridgehead atoms. The van der Waals surface area contributed by atoms with E-state index in [1.165, 1.54) is 18.4 Å². The summed E-state index contributed by atoms with van der Waals surface area (Å²) < 4.78 is 0. The van der Waals surface area contributed by atoms with E-state index in [4.69, 9.17) is 0 Å². The monoisotopic (exact) mass is 312 g/mol. The lowest BCUT2D eigenvalue weighted by molar-refractivity contribution is -0.123. The first-order chi connectivity index (χ1) is 9.34. The molecule has 1 aliphatic heterocycles. The van der Waals surface area contributed by atoms with E-state index in [2.05, 4.69) is 34.9 Å². The van der Waals surface area contributed by atoms with Crippen molar-refractivity contribution in [2.45, 2.75) is 37.3 Å². The first-order valence-corrected chi connectivity index (χ1v) is 8.16. The van der Waals surface area contributed by atoms with Gasteiger partial charge in [-0.25, -0.2) is 0 Å². The topological polar surface area (TPSA) is 41.1 Å². The first kappa shape index (κ1) is 15.7. The highest BCUT2D eigenvalue weighted by atomic mass is 35.5. The van der Waals surface area contributed by atoms with Crippen LogP contribution >= 0.6 is 24.2 Å². The van der Waals surface area contributed by atoms with Crippen molar-refractivity contribution in [2.75, 3.05) is 11.6 Å². The largest absolute Gasteiger partial charge is 0.351 e. The van der Waals surface area contributed by atoms with E-state index in [1.807, 2.05) is 6.07 Å². The predicted octanol–water partition coefficient (Wildman–Crippen LogP) is 2.52. The maximum absolute atomic E-state index is 12.2. The second-order valence-corrected chi connectivity index (χ2v) is 6.37. The Kier molecular flexibility index (Phi) is 5.75. The maximum atomic E-state index is 12.2. The number of carbonyl (C=O) groups excluding carboxylic acids is 1. The van der Waals surface area contributed by atoms with Crippen LogP contribution < -0.4 is 10.6 Å². The van der Waals surface area contributed by atoms with E-state index in [-0.39, 0.29) is 24.4 Å². The van der Waals surface area contributed by atoms with Gasteiger partial charge in [-0.1, -0.05) is 36.8 Å². The molecule has 2 fully saturated rings. The number of benzene rings is 1. The van der Waals surface area contributed by atoms with Gasteiger partial charge in [0, 0.05) is 23.6 Å². The van der Waals surface area contributed by atoms with Crippen molar-refractivity contribution >= 4 is 30.1 Å². The molecule has 0 spiro atoms. The summed E-state index contributed by atoms with van der Waals surface area (Å²) in [5, 5.41) is 6.49. The molecule has 3 unspecified atom stereocenters. The lowest BCUT2D eigenvalue weighted by atomic mass is 9.94. The summed E-state index contributed by atoms with van der Waals surface area (Å²) in [5.41, 5.74) is 1.36. The van der Waals surface area contributed by atoms with Gasteiger partial charge in [0.2, 0.25) is 5.91 Å². The SMILES string of the molecule is Cl.O=C(NC1CCCC1c1ccccc1)C1CSCN1. The molecule has 3 nitrogen and oxygen atoms in total. The molecule has 110 valence electrons. The normalized spacial score (nSPS) is 28.9. The molecule has 0 aromatic heterocycles. The summed E-state index contributed by atoms with van der Waals surface area (Å²) >= 11 is 1.79. The van der Waals surface area contributed by atoms with Gasteiger partial charge in [-0.3, -0.25) is 10.1 Å².